The first-order chi connectivity index (χ1) is 16.9. The zero-order chi connectivity index (χ0) is 26.0. The van der Waals surface area contributed by atoms with E-state index in [0.29, 0.717) is 11.4 Å². The zero-order valence-electron chi connectivity index (χ0n) is 19.1. The molecule has 4 aromatic heterocycles. The summed E-state index contributed by atoms with van der Waals surface area (Å²) in [6, 6.07) is 2.10. The van der Waals surface area contributed by atoms with Crippen molar-refractivity contribution in [3.8, 4) is 5.82 Å². The Morgan fingerprint density at radius 2 is 1.97 bits per heavy atom. The van der Waals surface area contributed by atoms with Gasteiger partial charge in [0, 0.05) is 12.6 Å². The van der Waals surface area contributed by atoms with Crippen molar-refractivity contribution in [3.63, 3.8) is 0 Å². The van der Waals surface area contributed by atoms with Crippen molar-refractivity contribution in [2.24, 2.45) is 0 Å². The summed E-state index contributed by atoms with van der Waals surface area (Å²) in [6.07, 6.45) is -1.66. The number of aryl methyl sites for hydroxylation is 1. The lowest BCUT2D eigenvalue weighted by atomic mass is 9.88. The van der Waals surface area contributed by atoms with Gasteiger partial charge in [0.1, 0.15) is 11.1 Å². The van der Waals surface area contributed by atoms with Crippen molar-refractivity contribution in [1.29, 1.82) is 0 Å². The number of anilines is 2. The van der Waals surface area contributed by atoms with Crippen LogP contribution in [0.15, 0.2) is 30.7 Å². The molecule has 0 unspecified atom stereocenters. The Kier molecular flexibility index (Phi) is 5.41. The lowest BCUT2D eigenvalue weighted by Crippen LogP contribution is -2.46. The van der Waals surface area contributed by atoms with Gasteiger partial charge in [0.25, 0.3) is 0 Å². The van der Waals surface area contributed by atoms with E-state index in [1.165, 1.54) is 31.6 Å². The molecule has 2 N–H and O–H groups in total. The standard InChI is InChI=1S/C21H19ClF3N9O2/c1-10-4-16-26-8-15-17(33(16)30-10)20(3,21(23,24)25)9-32(15)19(36)29-12-5-13(22)18(27-6-12)34-28-7-14(31-34)11(2)35/h4-8,11,35H,9H2,1-3H3,(H,29,36)/t11-,20+/m0/s1. The second-order valence-corrected chi connectivity index (χ2v) is 9.07. The van der Waals surface area contributed by atoms with Gasteiger partial charge >= 0.3 is 12.2 Å². The molecule has 36 heavy (non-hydrogen) atoms. The molecule has 188 valence electrons. The fourth-order valence-corrected chi connectivity index (χ4v) is 4.28. The molecule has 0 radical (unpaired) electrons. The number of hydrogen-bond donors (Lipinski definition) is 2. The maximum Gasteiger partial charge on any atom is 0.401 e. The van der Waals surface area contributed by atoms with Gasteiger partial charge in [-0.2, -0.15) is 23.4 Å². The third kappa shape index (κ3) is 3.73. The molecule has 11 nitrogen and oxygen atoms in total. The Balaban J connectivity index is 1.47. The molecule has 2 atom stereocenters. The number of aromatic nitrogens is 7. The van der Waals surface area contributed by atoms with Gasteiger partial charge in [0.15, 0.2) is 11.5 Å². The number of nitrogens with one attached hydrogen (secondary N) is 1. The SMILES string of the molecule is Cc1cc2ncc3c(n2n1)[C@](C)(C(F)(F)F)CN3C(=O)Nc1cnc(-n2ncc([C@H](C)O)n2)c(Cl)c1. The van der Waals surface area contributed by atoms with Crippen LogP contribution >= 0.6 is 11.6 Å². The smallest absolute Gasteiger partial charge is 0.387 e. The van der Waals surface area contributed by atoms with Crippen molar-refractivity contribution >= 4 is 34.7 Å². The molecule has 0 fully saturated rings. The van der Waals surface area contributed by atoms with E-state index in [9.17, 15) is 23.1 Å². The third-order valence-electron chi connectivity index (χ3n) is 5.94. The number of alkyl halides is 3. The number of carbonyl (C=O) groups excluding carboxylic acids is 1. The van der Waals surface area contributed by atoms with Crippen LogP contribution in [0.25, 0.3) is 11.5 Å². The molecule has 5 rings (SSSR count). The van der Waals surface area contributed by atoms with E-state index in [-0.39, 0.29) is 33.6 Å². The Morgan fingerprint density at radius 3 is 2.61 bits per heavy atom. The molecular formula is C21H19ClF3N9O2. The highest BCUT2D eigenvalue weighted by molar-refractivity contribution is 6.32. The minimum Gasteiger partial charge on any atom is -0.387 e. The van der Waals surface area contributed by atoms with E-state index in [4.69, 9.17) is 11.6 Å². The fraction of sp³-hybridized carbons (Fsp3) is 0.333. The molecule has 0 spiro atoms. The normalized spacial score (nSPS) is 18.5. The second kappa shape index (κ2) is 8.13. The summed E-state index contributed by atoms with van der Waals surface area (Å²) in [5, 5.41) is 24.5. The summed E-state index contributed by atoms with van der Waals surface area (Å²) in [4.78, 5) is 23.5. The third-order valence-corrected chi connectivity index (χ3v) is 6.22. The predicted octanol–water partition coefficient (Wildman–Crippen LogP) is 3.59. The average Bonchev–Trinajstić information content (AvgIpc) is 3.49. The van der Waals surface area contributed by atoms with Crippen LogP contribution in [0.3, 0.4) is 0 Å². The summed E-state index contributed by atoms with van der Waals surface area (Å²) >= 11 is 6.29. The van der Waals surface area contributed by atoms with E-state index in [2.05, 4.69) is 30.6 Å². The quantitative estimate of drug-likeness (QED) is 0.422. The van der Waals surface area contributed by atoms with Crippen molar-refractivity contribution in [2.75, 3.05) is 16.8 Å². The van der Waals surface area contributed by atoms with Crippen molar-refractivity contribution in [1.82, 2.24) is 34.6 Å². The maximum absolute atomic E-state index is 14.3. The Morgan fingerprint density at radius 1 is 1.22 bits per heavy atom. The molecular weight excluding hydrogens is 503 g/mol. The van der Waals surface area contributed by atoms with Crippen LogP contribution in [0, 0.1) is 6.92 Å². The van der Waals surface area contributed by atoms with Crippen molar-refractivity contribution in [2.45, 2.75) is 38.5 Å². The summed E-state index contributed by atoms with van der Waals surface area (Å²) < 4.78 is 43.9. The molecule has 0 aromatic carbocycles. The fourth-order valence-electron chi connectivity index (χ4n) is 4.04. The van der Waals surface area contributed by atoms with E-state index < -0.39 is 30.3 Å². The second-order valence-electron chi connectivity index (χ2n) is 8.66. The molecule has 0 bridgehead atoms. The van der Waals surface area contributed by atoms with E-state index in [1.807, 2.05) is 0 Å². The first-order valence-corrected chi connectivity index (χ1v) is 11.0. The van der Waals surface area contributed by atoms with Gasteiger partial charge in [-0.1, -0.05) is 11.6 Å². The van der Waals surface area contributed by atoms with Gasteiger partial charge in [-0.05, 0) is 26.8 Å². The molecule has 4 aromatic rings. The van der Waals surface area contributed by atoms with Gasteiger partial charge in [-0.15, -0.1) is 9.90 Å². The van der Waals surface area contributed by atoms with Crippen LogP contribution in [0.2, 0.25) is 5.02 Å². The molecule has 5 heterocycles. The minimum atomic E-state index is -4.67. The number of aliphatic hydroxyl groups is 1. The molecule has 0 saturated carbocycles. The summed E-state index contributed by atoms with van der Waals surface area (Å²) in [5.41, 5.74) is -1.37. The highest BCUT2D eigenvalue weighted by Gasteiger charge is 2.60. The summed E-state index contributed by atoms with van der Waals surface area (Å²) in [5.74, 6) is 0.137. The molecule has 15 heteroatoms. The van der Waals surface area contributed by atoms with Crippen LogP contribution in [0.4, 0.5) is 29.3 Å². The van der Waals surface area contributed by atoms with Gasteiger partial charge in [0.05, 0.1) is 52.5 Å². The van der Waals surface area contributed by atoms with Crippen LogP contribution in [0.1, 0.15) is 37.0 Å². The van der Waals surface area contributed by atoms with E-state index >= 15 is 0 Å². The molecule has 2 amide bonds. The predicted molar refractivity (Wildman–Crippen MR) is 122 cm³/mol. The van der Waals surface area contributed by atoms with E-state index in [0.717, 1.165) is 21.1 Å². The topological polar surface area (TPSA) is 126 Å². The lowest BCUT2D eigenvalue weighted by Gasteiger charge is -2.28. The van der Waals surface area contributed by atoms with Gasteiger partial charge in [-0.3, -0.25) is 4.90 Å². The number of amides is 2. The highest BCUT2D eigenvalue weighted by Crippen LogP contribution is 2.49. The van der Waals surface area contributed by atoms with Crippen LogP contribution in [-0.4, -0.2) is 58.4 Å². The number of fused-ring (bicyclic) bond motifs is 3. The van der Waals surface area contributed by atoms with Crippen LogP contribution in [0.5, 0.6) is 0 Å². The number of urea groups is 1. The number of aliphatic hydroxyl groups excluding tert-OH is 1. The van der Waals surface area contributed by atoms with E-state index in [1.54, 1.807) is 13.0 Å². The first-order valence-electron chi connectivity index (χ1n) is 10.7. The largest absolute Gasteiger partial charge is 0.401 e. The first kappa shape index (κ1) is 23.9. The number of pyridine rings is 1. The Hall–Kier alpha value is -3.78. The highest BCUT2D eigenvalue weighted by atomic mass is 35.5. The number of hydrogen-bond acceptors (Lipinski definition) is 7. The zero-order valence-corrected chi connectivity index (χ0v) is 19.9. The van der Waals surface area contributed by atoms with Gasteiger partial charge in [0.2, 0.25) is 0 Å². The minimum absolute atomic E-state index is 0.00926. The summed E-state index contributed by atoms with van der Waals surface area (Å²) in [7, 11) is 0. The molecule has 0 saturated heterocycles. The lowest BCUT2D eigenvalue weighted by molar-refractivity contribution is -0.181. The van der Waals surface area contributed by atoms with Crippen LogP contribution < -0.4 is 10.2 Å². The number of carbonyl (C=O) groups is 1. The maximum atomic E-state index is 14.3. The summed E-state index contributed by atoms with van der Waals surface area (Å²) in [6.45, 7) is 3.53. The van der Waals surface area contributed by atoms with Crippen LogP contribution in [-0.2, 0) is 5.41 Å². The van der Waals surface area contributed by atoms with Crippen molar-refractivity contribution < 1.29 is 23.1 Å². The van der Waals surface area contributed by atoms with Gasteiger partial charge < -0.3 is 10.4 Å². The van der Waals surface area contributed by atoms with Gasteiger partial charge in [-0.25, -0.2) is 19.3 Å². The molecule has 1 aliphatic rings. The Bertz CT molecular complexity index is 1500. The number of nitrogens with zero attached hydrogens (tertiary/aromatic N) is 8. The van der Waals surface area contributed by atoms with Crippen molar-refractivity contribution in [3.05, 3.63) is 52.8 Å². The number of halogens is 4. The average molecular weight is 522 g/mol. The number of rotatable bonds is 3. The monoisotopic (exact) mass is 521 g/mol. The molecule has 1 aliphatic heterocycles. The Labute approximate surface area is 206 Å². The molecule has 0 aliphatic carbocycles.